The molecule has 2 aliphatic carbocycles. The highest BCUT2D eigenvalue weighted by Gasteiger charge is 2.42. The SMILES string of the molecule is CCCC1(C(O)C/C=C/[C@H]2[C@H](O)CC(=O)[C@@H]2CCc2ccc(C(=O)OC)cc2)CCC1. The van der Waals surface area contributed by atoms with E-state index in [0.29, 0.717) is 24.8 Å². The summed E-state index contributed by atoms with van der Waals surface area (Å²) in [6.45, 7) is 2.16. The molecule has 0 radical (unpaired) electrons. The number of ether oxygens (including phenoxy) is 1. The monoisotopic (exact) mass is 428 g/mol. The minimum Gasteiger partial charge on any atom is -0.465 e. The fraction of sp³-hybridized carbons (Fsp3) is 0.615. The van der Waals surface area contributed by atoms with Crippen molar-refractivity contribution in [2.45, 2.75) is 76.9 Å². The Kier molecular flexibility index (Phi) is 8.06. The van der Waals surface area contributed by atoms with Gasteiger partial charge in [-0.25, -0.2) is 4.79 Å². The van der Waals surface area contributed by atoms with Gasteiger partial charge in [0.25, 0.3) is 0 Å². The summed E-state index contributed by atoms with van der Waals surface area (Å²) in [6.07, 6.45) is 10.6. The number of rotatable bonds is 10. The maximum absolute atomic E-state index is 12.5. The molecule has 0 aromatic heterocycles. The number of carbonyl (C=O) groups is 2. The van der Waals surface area contributed by atoms with Gasteiger partial charge in [-0.2, -0.15) is 0 Å². The maximum Gasteiger partial charge on any atom is 0.337 e. The van der Waals surface area contributed by atoms with Crippen molar-refractivity contribution in [3.63, 3.8) is 0 Å². The Labute approximate surface area is 185 Å². The minimum atomic E-state index is -0.652. The molecule has 0 bridgehead atoms. The van der Waals surface area contributed by atoms with Crippen LogP contribution in [0.4, 0.5) is 0 Å². The van der Waals surface area contributed by atoms with Gasteiger partial charge in [-0.1, -0.05) is 44.1 Å². The summed E-state index contributed by atoms with van der Waals surface area (Å²) in [5, 5.41) is 21.2. The molecule has 2 saturated carbocycles. The molecule has 5 nitrogen and oxygen atoms in total. The summed E-state index contributed by atoms with van der Waals surface area (Å²) in [7, 11) is 1.36. The summed E-state index contributed by atoms with van der Waals surface area (Å²) < 4.78 is 4.72. The van der Waals surface area contributed by atoms with Crippen LogP contribution in [0.15, 0.2) is 36.4 Å². The van der Waals surface area contributed by atoms with Crippen molar-refractivity contribution >= 4 is 11.8 Å². The summed E-state index contributed by atoms with van der Waals surface area (Å²) in [6, 6.07) is 7.24. The number of hydrogen-bond acceptors (Lipinski definition) is 5. The van der Waals surface area contributed by atoms with Gasteiger partial charge >= 0.3 is 5.97 Å². The van der Waals surface area contributed by atoms with Crippen molar-refractivity contribution in [2.75, 3.05) is 7.11 Å². The van der Waals surface area contributed by atoms with E-state index >= 15 is 0 Å². The Morgan fingerprint density at radius 3 is 2.58 bits per heavy atom. The van der Waals surface area contributed by atoms with Crippen LogP contribution >= 0.6 is 0 Å². The van der Waals surface area contributed by atoms with E-state index in [2.05, 4.69) is 6.92 Å². The highest BCUT2D eigenvalue weighted by molar-refractivity contribution is 5.89. The molecule has 1 aromatic carbocycles. The highest BCUT2D eigenvalue weighted by Crippen LogP contribution is 2.48. The van der Waals surface area contributed by atoms with Gasteiger partial charge in [0.1, 0.15) is 5.78 Å². The number of benzene rings is 1. The second kappa shape index (κ2) is 10.6. The van der Waals surface area contributed by atoms with Gasteiger partial charge in [0.15, 0.2) is 0 Å². The molecule has 170 valence electrons. The van der Waals surface area contributed by atoms with Gasteiger partial charge in [0, 0.05) is 18.3 Å². The normalized spacial score (nSPS) is 26.1. The molecular formula is C26H36O5. The molecule has 5 heteroatoms. The Hall–Kier alpha value is -1.98. The molecule has 3 rings (SSSR count). The summed E-state index contributed by atoms with van der Waals surface area (Å²) >= 11 is 0. The number of aryl methyl sites for hydroxylation is 1. The average molecular weight is 429 g/mol. The number of aliphatic hydroxyl groups excluding tert-OH is 2. The molecule has 31 heavy (non-hydrogen) atoms. The van der Waals surface area contributed by atoms with E-state index in [4.69, 9.17) is 4.74 Å². The quantitative estimate of drug-likeness (QED) is 0.430. The molecule has 2 aliphatic rings. The lowest BCUT2D eigenvalue weighted by atomic mass is 9.62. The van der Waals surface area contributed by atoms with E-state index < -0.39 is 6.10 Å². The van der Waals surface area contributed by atoms with Crippen LogP contribution < -0.4 is 0 Å². The van der Waals surface area contributed by atoms with Crippen LogP contribution in [0.25, 0.3) is 0 Å². The molecule has 0 amide bonds. The third-order valence-electron chi connectivity index (χ3n) is 7.37. The third-order valence-corrected chi connectivity index (χ3v) is 7.37. The maximum atomic E-state index is 12.5. The summed E-state index contributed by atoms with van der Waals surface area (Å²) in [5.41, 5.74) is 1.62. The zero-order valence-electron chi connectivity index (χ0n) is 18.8. The van der Waals surface area contributed by atoms with Crippen molar-refractivity contribution in [1.82, 2.24) is 0 Å². The average Bonchev–Trinajstić information content (AvgIpc) is 3.01. The molecule has 1 aromatic rings. The van der Waals surface area contributed by atoms with Crippen LogP contribution in [0.5, 0.6) is 0 Å². The molecule has 0 heterocycles. The van der Waals surface area contributed by atoms with E-state index in [0.717, 1.165) is 31.2 Å². The van der Waals surface area contributed by atoms with Crippen LogP contribution in [0.1, 0.15) is 74.2 Å². The molecule has 0 spiro atoms. The van der Waals surface area contributed by atoms with Crippen molar-refractivity contribution in [3.8, 4) is 0 Å². The predicted octanol–water partition coefficient (Wildman–Crippen LogP) is 4.25. The van der Waals surface area contributed by atoms with Gasteiger partial charge in [0.05, 0.1) is 24.9 Å². The molecule has 0 aliphatic heterocycles. The van der Waals surface area contributed by atoms with Crippen LogP contribution in [0.3, 0.4) is 0 Å². The fourth-order valence-corrected chi connectivity index (χ4v) is 5.33. The first kappa shape index (κ1) is 23.7. The number of Topliss-reactive ketones (excluding diaryl/α,β-unsaturated/α-hetero) is 1. The first-order chi connectivity index (χ1) is 14.9. The number of esters is 1. The minimum absolute atomic E-state index is 0.0684. The van der Waals surface area contributed by atoms with Gasteiger partial charge in [0.2, 0.25) is 0 Å². The summed E-state index contributed by atoms with van der Waals surface area (Å²) in [4.78, 5) is 24.1. The Morgan fingerprint density at radius 2 is 2.00 bits per heavy atom. The Morgan fingerprint density at radius 1 is 1.29 bits per heavy atom. The van der Waals surface area contributed by atoms with Crippen molar-refractivity contribution in [1.29, 1.82) is 0 Å². The standard InChI is InChI=1S/C26H36O5/c1-3-14-26(15-5-16-26)24(29)7-4-6-20-21(23(28)17-22(20)27)13-10-18-8-11-19(12-9-18)25(30)31-2/h4,6,8-9,11-12,20-22,24,27,29H,3,5,7,10,13-17H2,1-2H3/b6-4+/t20-,21-,22-,24?/m1/s1. The van der Waals surface area contributed by atoms with Crippen LogP contribution in [0.2, 0.25) is 0 Å². The van der Waals surface area contributed by atoms with Crippen LogP contribution in [-0.2, 0) is 16.0 Å². The number of hydrogen-bond donors (Lipinski definition) is 2. The van der Waals surface area contributed by atoms with Gasteiger partial charge < -0.3 is 14.9 Å². The van der Waals surface area contributed by atoms with Crippen molar-refractivity contribution < 1.29 is 24.5 Å². The molecule has 1 unspecified atom stereocenters. The van der Waals surface area contributed by atoms with Crippen molar-refractivity contribution in [2.24, 2.45) is 17.3 Å². The molecular weight excluding hydrogens is 392 g/mol. The first-order valence-electron chi connectivity index (χ1n) is 11.6. The van der Waals surface area contributed by atoms with E-state index in [1.54, 1.807) is 12.1 Å². The largest absolute Gasteiger partial charge is 0.465 e. The topological polar surface area (TPSA) is 83.8 Å². The van der Waals surface area contributed by atoms with E-state index in [9.17, 15) is 19.8 Å². The number of methoxy groups -OCH3 is 1. The highest BCUT2D eigenvalue weighted by atomic mass is 16.5. The fourth-order valence-electron chi connectivity index (χ4n) is 5.33. The van der Waals surface area contributed by atoms with E-state index in [1.165, 1.54) is 13.5 Å². The number of carbonyl (C=O) groups excluding carboxylic acids is 2. The second-order valence-corrected chi connectivity index (χ2v) is 9.29. The number of ketones is 1. The summed E-state index contributed by atoms with van der Waals surface area (Å²) in [5.74, 6) is -0.666. The second-order valence-electron chi connectivity index (χ2n) is 9.29. The molecule has 2 N–H and O–H groups in total. The first-order valence-corrected chi connectivity index (χ1v) is 11.6. The smallest absolute Gasteiger partial charge is 0.337 e. The lowest BCUT2D eigenvalue weighted by Gasteiger charge is -2.45. The molecule has 0 saturated heterocycles. The van der Waals surface area contributed by atoms with Gasteiger partial charge in [-0.05, 0) is 61.6 Å². The lowest BCUT2D eigenvalue weighted by molar-refractivity contribution is -0.121. The zero-order valence-corrected chi connectivity index (χ0v) is 18.8. The van der Waals surface area contributed by atoms with Crippen LogP contribution in [-0.4, -0.2) is 41.3 Å². The van der Waals surface area contributed by atoms with Gasteiger partial charge in [-0.3, -0.25) is 4.79 Å². The number of aliphatic hydroxyl groups is 2. The molecule has 4 atom stereocenters. The Bertz CT molecular complexity index is 777. The van der Waals surface area contributed by atoms with Crippen molar-refractivity contribution in [3.05, 3.63) is 47.5 Å². The zero-order chi connectivity index (χ0) is 22.4. The van der Waals surface area contributed by atoms with Crippen LogP contribution in [0, 0.1) is 17.3 Å². The predicted molar refractivity (Wildman–Crippen MR) is 120 cm³/mol. The molecule has 2 fully saturated rings. The lowest BCUT2D eigenvalue weighted by Crippen LogP contribution is -2.41. The van der Waals surface area contributed by atoms with E-state index in [1.807, 2.05) is 24.3 Å². The third kappa shape index (κ3) is 5.45. The Balaban J connectivity index is 1.57. The van der Waals surface area contributed by atoms with Gasteiger partial charge in [-0.15, -0.1) is 0 Å². The van der Waals surface area contributed by atoms with E-state index in [-0.39, 0.29) is 41.5 Å².